The van der Waals surface area contributed by atoms with Crippen molar-refractivity contribution in [3.8, 4) is 22.9 Å². The fraction of sp³-hybridized carbons (Fsp3) is 0.286. The Morgan fingerprint density at radius 1 is 1.21 bits per heavy atom. The molecular formula is C21H22N4O3S. The lowest BCUT2D eigenvalue weighted by Crippen LogP contribution is -2.25. The van der Waals surface area contributed by atoms with Crippen molar-refractivity contribution in [1.29, 1.82) is 0 Å². The van der Waals surface area contributed by atoms with Crippen LogP contribution in [0, 0.1) is 11.7 Å². The van der Waals surface area contributed by atoms with E-state index in [2.05, 4.69) is 15.5 Å². The van der Waals surface area contributed by atoms with Crippen molar-refractivity contribution in [2.24, 2.45) is 0 Å². The van der Waals surface area contributed by atoms with Crippen LogP contribution in [0.3, 0.4) is 0 Å². The van der Waals surface area contributed by atoms with E-state index in [-0.39, 0.29) is 5.91 Å². The zero-order valence-electron chi connectivity index (χ0n) is 16.1. The van der Waals surface area contributed by atoms with Crippen LogP contribution < -0.4 is 14.8 Å². The lowest BCUT2D eigenvalue weighted by molar-refractivity contribution is -0.121. The Labute approximate surface area is 173 Å². The normalized spacial score (nSPS) is 12.6. The molecule has 1 amide bonds. The highest BCUT2D eigenvalue weighted by molar-refractivity contribution is 7.71. The number of carbonyl (C=O) groups excluding carboxylic acids is 1. The van der Waals surface area contributed by atoms with Crippen molar-refractivity contribution in [2.45, 2.75) is 26.4 Å². The van der Waals surface area contributed by atoms with Crippen molar-refractivity contribution in [2.75, 3.05) is 13.2 Å². The molecule has 8 heteroatoms. The smallest absolute Gasteiger partial charge is 0.222 e. The van der Waals surface area contributed by atoms with Gasteiger partial charge in [-0.1, -0.05) is 42.0 Å². The first-order valence-electron chi connectivity index (χ1n) is 9.48. The van der Waals surface area contributed by atoms with E-state index in [4.69, 9.17) is 21.7 Å². The van der Waals surface area contributed by atoms with Gasteiger partial charge in [0.25, 0.3) is 0 Å². The van der Waals surface area contributed by atoms with Crippen molar-refractivity contribution >= 4 is 18.1 Å². The summed E-state index contributed by atoms with van der Waals surface area (Å²) in [5.41, 5.74) is 3.03. The van der Waals surface area contributed by atoms with Crippen LogP contribution in [0.15, 0.2) is 42.5 Å². The monoisotopic (exact) mass is 410 g/mol. The zero-order chi connectivity index (χ0) is 20.2. The molecule has 4 rings (SSSR count). The SMILES string of the molecule is Cc1ccc(-c2n[nH]c(=S)n2CCC(=O)NCc2cccc3c2OCCO3)cc1. The molecule has 29 heavy (non-hydrogen) atoms. The number of para-hydroxylation sites is 1. The molecule has 150 valence electrons. The number of fused-ring (bicyclic) bond motifs is 1. The van der Waals surface area contributed by atoms with Crippen molar-refractivity contribution < 1.29 is 14.3 Å². The highest BCUT2D eigenvalue weighted by Gasteiger charge is 2.16. The summed E-state index contributed by atoms with van der Waals surface area (Å²) in [4.78, 5) is 12.4. The van der Waals surface area contributed by atoms with Gasteiger partial charge in [0, 0.05) is 30.6 Å². The third-order valence-electron chi connectivity index (χ3n) is 4.75. The lowest BCUT2D eigenvalue weighted by Gasteiger charge is -2.21. The molecule has 7 nitrogen and oxygen atoms in total. The van der Waals surface area contributed by atoms with Crippen LogP contribution in [0.2, 0.25) is 0 Å². The molecule has 1 aliphatic heterocycles. The summed E-state index contributed by atoms with van der Waals surface area (Å²) in [5.74, 6) is 2.08. The van der Waals surface area contributed by atoms with E-state index in [1.807, 2.05) is 54.0 Å². The molecule has 1 aliphatic rings. The number of nitrogens with zero attached hydrogens (tertiary/aromatic N) is 2. The topological polar surface area (TPSA) is 81.2 Å². The average Bonchev–Trinajstić information content (AvgIpc) is 3.11. The number of nitrogens with one attached hydrogen (secondary N) is 2. The molecule has 2 N–H and O–H groups in total. The summed E-state index contributed by atoms with van der Waals surface area (Å²) < 4.78 is 13.6. The van der Waals surface area contributed by atoms with Gasteiger partial charge < -0.3 is 14.8 Å². The molecule has 0 bridgehead atoms. The second-order valence-corrected chi connectivity index (χ2v) is 7.22. The Hall–Kier alpha value is -3.13. The van der Waals surface area contributed by atoms with Crippen LogP contribution in [0.1, 0.15) is 17.5 Å². The second kappa shape index (κ2) is 8.48. The molecule has 0 fully saturated rings. The van der Waals surface area contributed by atoms with Gasteiger partial charge in [-0.25, -0.2) is 0 Å². The Balaban J connectivity index is 1.39. The van der Waals surface area contributed by atoms with Crippen LogP contribution in [0.5, 0.6) is 11.5 Å². The Kier molecular flexibility index (Phi) is 5.62. The number of hydrogen-bond acceptors (Lipinski definition) is 5. The van der Waals surface area contributed by atoms with Crippen molar-refractivity contribution in [3.63, 3.8) is 0 Å². The number of hydrogen-bond donors (Lipinski definition) is 2. The van der Waals surface area contributed by atoms with Crippen LogP contribution in [0.25, 0.3) is 11.4 Å². The minimum Gasteiger partial charge on any atom is -0.486 e. The maximum absolute atomic E-state index is 12.4. The average molecular weight is 410 g/mol. The van der Waals surface area contributed by atoms with Crippen molar-refractivity contribution in [1.82, 2.24) is 20.1 Å². The summed E-state index contributed by atoms with van der Waals surface area (Å²) in [6.07, 6.45) is 0.291. The maximum atomic E-state index is 12.4. The molecule has 0 saturated carbocycles. The minimum atomic E-state index is -0.0720. The van der Waals surface area contributed by atoms with Gasteiger partial charge in [-0.2, -0.15) is 5.10 Å². The predicted octanol–water partition coefficient (Wildman–Crippen LogP) is 3.39. The molecule has 0 radical (unpaired) electrons. The number of ether oxygens (including phenoxy) is 2. The van der Waals surface area contributed by atoms with Gasteiger partial charge in [-0.05, 0) is 25.2 Å². The lowest BCUT2D eigenvalue weighted by atomic mass is 10.1. The van der Waals surface area contributed by atoms with E-state index in [0.717, 1.165) is 22.7 Å². The highest BCUT2D eigenvalue weighted by atomic mass is 32.1. The Bertz CT molecular complexity index is 1070. The quantitative estimate of drug-likeness (QED) is 0.609. The van der Waals surface area contributed by atoms with Crippen LogP contribution in [-0.4, -0.2) is 33.9 Å². The van der Waals surface area contributed by atoms with Crippen molar-refractivity contribution in [3.05, 3.63) is 58.4 Å². The van der Waals surface area contributed by atoms with Gasteiger partial charge in [0.1, 0.15) is 13.2 Å². The summed E-state index contributed by atoms with van der Waals surface area (Å²) in [7, 11) is 0. The molecular weight excluding hydrogens is 388 g/mol. The minimum absolute atomic E-state index is 0.0720. The summed E-state index contributed by atoms with van der Waals surface area (Å²) in [5, 5.41) is 10.1. The van der Waals surface area contributed by atoms with Gasteiger partial charge in [-0.15, -0.1) is 0 Å². The van der Waals surface area contributed by atoms with E-state index in [0.29, 0.717) is 43.2 Å². The standard InChI is InChI=1S/C21H22N4O3S/c1-14-5-7-15(8-6-14)20-23-24-21(29)25(20)10-9-18(26)22-13-16-3-2-4-17-19(16)28-12-11-27-17/h2-8H,9-13H2,1H3,(H,22,26)(H,24,29). The van der Waals surface area contributed by atoms with E-state index >= 15 is 0 Å². The van der Waals surface area contributed by atoms with Gasteiger partial charge in [0.05, 0.1) is 0 Å². The Morgan fingerprint density at radius 2 is 2.00 bits per heavy atom. The molecule has 0 atom stereocenters. The first kappa shape index (κ1) is 19.2. The molecule has 3 aromatic rings. The van der Waals surface area contributed by atoms with Crippen LogP contribution >= 0.6 is 12.2 Å². The third-order valence-corrected chi connectivity index (χ3v) is 5.07. The first-order chi connectivity index (χ1) is 14.1. The molecule has 1 aromatic heterocycles. The summed E-state index contributed by atoms with van der Waals surface area (Å²) >= 11 is 5.34. The Morgan fingerprint density at radius 3 is 2.83 bits per heavy atom. The van der Waals surface area contributed by atoms with Gasteiger partial charge in [-0.3, -0.25) is 14.5 Å². The zero-order valence-corrected chi connectivity index (χ0v) is 16.9. The van der Waals surface area contributed by atoms with Crippen LogP contribution in [-0.2, 0) is 17.9 Å². The number of rotatable bonds is 6. The van der Waals surface area contributed by atoms with E-state index in [1.54, 1.807) is 0 Å². The fourth-order valence-electron chi connectivity index (χ4n) is 3.22. The second-order valence-electron chi connectivity index (χ2n) is 6.84. The first-order valence-corrected chi connectivity index (χ1v) is 9.89. The van der Waals surface area contributed by atoms with E-state index < -0.39 is 0 Å². The predicted molar refractivity (Wildman–Crippen MR) is 111 cm³/mol. The highest BCUT2D eigenvalue weighted by Crippen LogP contribution is 2.33. The number of H-pyrrole nitrogens is 1. The number of carbonyl (C=O) groups is 1. The number of amides is 1. The molecule has 0 spiro atoms. The molecule has 0 unspecified atom stereocenters. The van der Waals surface area contributed by atoms with Gasteiger partial charge in [0.15, 0.2) is 22.1 Å². The van der Waals surface area contributed by atoms with Gasteiger partial charge >= 0.3 is 0 Å². The van der Waals surface area contributed by atoms with Gasteiger partial charge in [0.2, 0.25) is 5.91 Å². The molecule has 0 saturated heterocycles. The fourth-order valence-corrected chi connectivity index (χ4v) is 3.44. The molecule has 0 aliphatic carbocycles. The maximum Gasteiger partial charge on any atom is 0.222 e. The third kappa shape index (κ3) is 4.32. The summed E-state index contributed by atoms with van der Waals surface area (Å²) in [6, 6.07) is 13.7. The van der Waals surface area contributed by atoms with E-state index in [1.165, 1.54) is 5.56 Å². The molecule has 2 heterocycles. The van der Waals surface area contributed by atoms with E-state index in [9.17, 15) is 4.79 Å². The van der Waals surface area contributed by atoms with Crippen LogP contribution in [0.4, 0.5) is 0 Å². The number of benzene rings is 2. The number of aromatic amines is 1. The summed E-state index contributed by atoms with van der Waals surface area (Å²) in [6.45, 7) is 3.91. The number of aryl methyl sites for hydroxylation is 1. The number of aromatic nitrogens is 3. The molecule has 2 aromatic carbocycles. The largest absolute Gasteiger partial charge is 0.486 e.